The lowest BCUT2D eigenvalue weighted by atomic mass is 9.89. The summed E-state index contributed by atoms with van der Waals surface area (Å²) >= 11 is 0. The summed E-state index contributed by atoms with van der Waals surface area (Å²) in [4.78, 5) is 0. The number of benzene rings is 1. The first-order valence-electron chi connectivity index (χ1n) is 8.12. The molecule has 0 radical (unpaired) electrons. The lowest BCUT2D eigenvalue weighted by molar-refractivity contribution is 0.453. The molecule has 1 aromatic carbocycles. The molecule has 1 unspecified atom stereocenters. The zero-order valence-corrected chi connectivity index (χ0v) is 14.6. The molecular formula is C19H33N. The monoisotopic (exact) mass is 275 g/mol. The van der Waals surface area contributed by atoms with Gasteiger partial charge < -0.3 is 5.32 Å². The van der Waals surface area contributed by atoms with E-state index in [1.54, 1.807) is 5.56 Å². The summed E-state index contributed by atoms with van der Waals surface area (Å²) in [7, 11) is 0. The van der Waals surface area contributed by atoms with Gasteiger partial charge in [0.15, 0.2) is 0 Å². The summed E-state index contributed by atoms with van der Waals surface area (Å²) in [5.74, 6) is 0.792. The maximum atomic E-state index is 3.52. The molecule has 1 heteroatoms. The molecule has 1 aromatic rings. The van der Waals surface area contributed by atoms with Crippen molar-refractivity contribution in [2.75, 3.05) is 6.54 Å². The molecule has 0 fully saturated rings. The Hall–Kier alpha value is -0.820. The Balaban J connectivity index is 2.57. The van der Waals surface area contributed by atoms with Crippen LogP contribution >= 0.6 is 0 Å². The van der Waals surface area contributed by atoms with Crippen molar-refractivity contribution < 1.29 is 0 Å². The third-order valence-corrected chi connectivity index (χ3v) is 4.60. The minimum atomic E-state index is 0.603. The van der Waals surface area contributed by atoms with Gasteiger partial charge in [0.1, 0.15) is 0 Å². The summed E-state index contributed by atoms with van der Waals surface area (Å²) in [5, 5.41) is 3.52. The molecule has 20 heavy (non-hydrogen) atoms. The number of nitrogens with one attached hydrogen (secondary N) is 1. The number of aryl methyl sites for hydroxylation is 2. The molecule has 0 heterocycles. The van der Waals surface area contributed by atoms with Crippen LogP contribution in [0.15, 0.2) is 6.07 Å². The van der Waals surface area contributed by atoms with E-state index < -0.39 is 0 Å². The second-order valence-corrected chi connectivity index (χ2v) is 6.78. The highest BCUT2D eigenvalue weighted by molar-refractivity contribution is 5.44. The van der Waals surface area contributed by atoms with Crippen LogP contribution in [0.2, 0.25) is 0 Å². The average molecular weight is 275 g/mol. The molecule has 0 spiro atoms. The lowest BCUT2D eigenvalue weighted by Crippen LogP contribution is -2.25. The molecule has 0 aliphatic heterocycles. The molecule has 0 amide bonds. The summed E-state index contributed by atoms with van der Waals surface area (Å²) in [5.41, 5.74) is 7.47. The molecule has 1 N–H and O–H groups in total. The van der Waals surface area contributed by atoms with Crippen molar-refractivity contribution in [3.05, 3.63) is 33.9 Å². The fourth-order valence-electron chi connectivity index (χ4n) is 2.83. The van der Waals surface area contributed by atoms with Gasteiger partial charge in [0.25, 0.3) is 0 Å². The van der Waals surface area contributed by atoms with Crippen LogP contribution in [0.25, 0.3) is 0 Å². The Kier molecular flexibility index (Phi) is 6.75. The second-order valence-electron chi connectivity index (χ2n) is 6.78. The number of hydrogen-bond acceptors (Lipinski definition) is 1. The van der Waals surface area contributed by atoms with Crippen LogP contribution in [0, 0.1) is 33.6 Å². The molecule has 1 nitrogen and oxygen atoms in total. The molecule has 0 aromatic heterocycles. The molecule has 1 rings (SSSR count). The van der Waals surface area contributed by atoms with E-state index in [1.807, 2.05) is 0 Å². The normalized spacial score (nSPS) is 13.0. The third kappa shape index (κ3) is 4.94. The van der Waals surface area contributed by atoms with Crippen LogP contribution in [0.1, 0.15) is 61.4 Å². The Labute approximate surface area is 126 Å². The topological polar surface area (TPSA) is 12.0 Å². The average Bonchev–Trinajstić information content (AvgIpc) is 2.36. The molecule has 114 valence electrons. The van der Waals surface area contributed by atoms with Crippen LogP contribution in [0.5, 0.6) is 0 Å². The highest BCUT2D eigenvalue weighted by atomic mass is 14.9. The second kappa shape index (κ2) is 7.83. The van der Waals surface area contributed by atoms with E-state index in [0.717, 1.165) is 12.5 Å². The van der Waals surface area contributed by atoms with E-state index in [2.05, 4.69) is 59.8 Å². The molecule has 0 aliphatic carbocycles. The summed E-state index contributed by atoms with van der Waals surface area (Å²) < 4.78 is 0. The fourth-order valence-corrected chi connectivity index (χ4v) is 2.83. The van der Waals surface area contributed by atoms with Crippen LogP contribution < -0.4 is 5.32 Å². The van der Waals surface area contributed by atoms with Crippen molar-refractivity contribution in [2.45, 2.75) is 73.8 Å². The Morgan fingerprint density at radius 2 is 1.45 bits per heavy atom. The Morgan fingerprint density at radius 1 is 0.900 bits per heavy atom. The van der Waals surface area contributed by atoms with Crippen molar-refractivity contribution in [1.29, 1.82) is 0 Å². The number of hydrogen-bond donors (Lipinski definition) is 1. The van der Waals surface area contributed by atoms with Gasteiger partial charge in [0, 0.05) is 6.04 Å². The van der Waals surface area contributed by atoms with E-state index in [4.69, 9.17) is 0 Å². The Bertz CT molecular complexity index is 406. The zero-order valence-electron chi connectivity index (χ0n) is 14.6. The van der Waals surface area contributed by atoms with Crippen molar-refractivity contribution in [3.8, 4) is 0 Å². The van der Waals surface area contributed by atoms with Crippen LogP contribution in [-0.4, -0.2) is 12.6 Å². The van der Waals surface area contributed by atoms with Crippen LogP contribution in [0.3, 0.4) is 0 Å². The molecule has 1 atom stereocenters. The van der Waals surface area contributed by atoms with Gasteiger partial charge in [-0.3, -0.25) is 0 Å². The molecular weight excluding hydrogens is 242 g/mol. The van der Waals surface area contributed by atoms with E-state index >= 15 is 0 Å². The fraction of sp³-hybridized carbons (Fsp3) is 0.684. The largest absolute Gasteiger partial charge is 0.315 e. The van der Waals surface area contributed by atoms with Gasteiger partial charge in [-0.05, 0) is 87.2 Å². The van der Waals surface area contributed by atoms with E-state index in [9.17, 15) is 0 Å². The molecule has 0 bridgehead atoms. The minimum absolute atomic E-state index is 0.603. The SMILES string of the molecule is Cc1cc(C)c(C)c(CCC(C)CCNC(C)C)c1C. The summed E-state index contributed by atoms with van der Waals surface area (Å²) in [6, 6.07) is 2.93. The van der Waals surface area contributed by atoms with Crippen LogP contribution in [0.4, 0.5) is 0 Å². The first kappa shape index (κ1) is 17.2. The van der Waals surface area contributed by atoms with E-state index in [0.29, 0.717) is 6.04 Å². The highest BCUT2D eigenvalue weighted by Crippen LogP contribution is 2.24. The van der Waals surface area contributed by atoms with Gasteiger partial charge in [0.05, 0.1) is 0 Å². The van der Waals surface area contributed by atoms with Crippen molar-refractivity contribution in [1.82, 2.24) is 5.32 Å². The Morgan fingerprint density at radius 3 is 1.95 bits per heavy atom. The van der Waals surface area contributed by atoms with Gasteiger partial charge >= 0.3 is 0 Å². The quantitative estimate of drug-likeness (QED) is 0.748. The van der Waals surface area contributed by atoms with Crippen molar-refractivity contribution in [3.63, 3.8) is 0 Å². The maximum Gasteiger partial charge on any atom is 0.00103 e. The maximum absolute atomic E-state index is 3.52. The van der Waals surface area contributed by atoms with E-state index in [-0.39, 0.29) is 0 Å². The van der Waals surface area contributed by atoms with Crippen molar-refractivity contribution >= 4 is 0 Å². The van der Waals surface area contributed by atoms with Gasteiger partial charge in [-0.1, -0.05) is 26.8 Å². The standard InChI is InChI=1S/C19H33N/c1-13(2)20-11-10-14(3)8-9-19-17(6)15(4)12-16(5)18(19)7/h12-14,20H,8-11H2,1-7H3. The van der Waals surface area contributed by atoms with Crippen LogP contribution in [-0.2, 0) is 6.42 Å². The molecule has 0 saturated heterocycles. The molecule has 0 saturated carbocycles. The first-order valence-corrected chi connectivity index (χ1v) is 8.12. The zero-order chi connectivity index (χ0) is 15.3. The first-order chi connectivity index (χ1) is 9.32. The van der Waals surface area contributed by atoms with Crippen molar-refractivity contribution in [2.24, 2.45) is 5.92 Å². The third-order valence-electron chi connectivity index (χ3n) is 4.60. The van der Waals surface area contributed by atoms with Gasteiger partial charge in [0.2, 0.25) is 0 Å². The highest BCUT2D eigenvalue weighted by Gasteiger charge is 2.10. The molecule has 0 aliphatic rings. The summed E-state index contributed by atoms with van der Waals surface area (Å²) in [6.45, 7) is 17.0. The van der Waals surface area contributed by atoms with E-state index in [1.165, 1.54) is 41.5 Å². The van der Waals surface area contributed by atoms with Gasteiger partial charge in [-0.25, -0.2) is 0 Å². The smallest absolute Gasteiger partial charge is 0.00103 e. The minimum Gasteiger partial charge on any atom is -0.315 e. The summed E-state index contributed by atoms with van der Waals surface area (Å²) in [6.07, 6.45) is 3.80. The number of rotatable bonds is 7. The van der Waals surface area contributed by atoms with Gasteiger partial charge in [-0.15, -0.1) is 0 Å². The van der Waals surface area contributed by atoms with Gasteiger partial charge in [-0.2, -0.15) is 0 Å². The predicted molar refractivity (Wildman–Crippen MR) is 90.6 cm³/mol. The lowest BCUT2D eigenvalue weighted by Gasteiger charge is -2.18. The predicted octanol–water partition coefficient (Wildman–Crippen LogP) is 4.88.